The highest BCUT2D eigenvalue weighted by Gasteiger charge is 2.39. The molecule has 0 unspecified atom stereocenters. The summed E-state index contributed by atoms with van der Waals surface area (Å²) in [6.45, 7) is 0. The van der Waals surface area contributed by atoms with E-state index in [1.54, 1.807) is 0 Å². The maximum Gasteiger partial charge on any atom is 0.0964 e. The molecule has 20 heavy (non-hydrogen) atoms. The first-order valence-corrected chi connectivity index (χ1v) is 7.63. The normalized spacial score (nSPS) is 26.9. The molecular weight excluding hydrogens is 244 g/mol. The minimum atomic E-state index is -0.723. The highest BCUT2D eigenvalue weighted by molar-refractivity contribution is 5.31. The van der Waals surface area contributed by atoms with Gasteiger partial charge in [0.15, 0.2) is 0 Å². The summed E-state index contributed by atoms with van der Waals surface area (Å²) in [5, 5.41) is 11.4. The Morgan fingerprint density at radius 2 is 1.45 bits per heavy atom. The summed E-state index contributed by atoms with van der Waals surface area (Å²) in [6.07, 6.45) is 5.45. The summed E-state index contributed by atoms with van der Waals surface area (Å²) in [4.78, 5) is 0. The van der Waals surface area contributed by atoms with Crippen LogP contribution in [0.15, 0.2) is 60.7 Å². The van der Waals surface area contributed by atoms with Gasteiger partial charge in [0.25, 0.3) is 0 Å². The zero-order chi connectivity index (χ0) is 13.8. The molecule has 104 valence electrons. The predicted molar refractivity (Wildman–Crippen MR) is 82.6 cm³/mol. The third-order valence-corrected chi connectivity index (χ3v) is 4.60. The van der Waals surface area contributed by atoms with Crippen molar-refractivity contribution in [2.45, 2.75) is 43.6 Å². The van der Waals surface area contributed by atoms with E-state index in [2.05, 4.69) is 36.4 Å². The Labute approximate surface area is 121 Å². The summed E-state index contributed by atoms with van der Waals surface area (Å²) < 4.78 is 0. The first-order chi connectivity index (χ1) is 9.81. The molecular formula is C19H22O. The molecule has 0 spiro atoms. The lowest BCUT2D eigenvalue weighted by Crippen LogP contribution is -2.32. The molecule has 0 saturated heterocycles. The summed E-state index contributed by atoms with van der Waals surface area (Å²) in [7, 11) is 0. The number of benzene rings is 2. The average molecular weight is 266 g/mol. The molecule has 3 rings (SSSR count). The van der Waals surface area contributed by atoms with Crippen molar-refractivity contribution >= 4 is 0 Å². The van der Waals surface area contributed by atoms with Crippen LogP contribution in [0.4, 0.5) is 0 Å². The molecule has 2 aromatic rings. The summed E-state index contributed by atoms with van der Waals surface area (Å²) >= 11 is 0. The second-order valence-corrected chi connectivity index (χ2v) is 5.85. The van der Waals surface area contributed by atoms with Gasteiger partial charge in [-0.05, 0) is 24.0 Å². The van der Waals surface area contributed by atoms with Crippen LogP contribution in [0, 0.1) is 0 Å². The third kappa shape index (κ3) is 2.51. The van der Waals surface area contributed by atoms with E-state index < -0.39 is 5.60 Å². The monoisotopic (exact) mass is 266 g/mol. The molecule has 0 amide bonds. The van der Waals surface area contributed by atoms with E-state index in [1.165, 1.54) is 18.4 Å². The fourth-order valence-electron chi connectivity index (χ4n) is 3.53. The SMILES string of the molecule is O[C@]1(c2ccccc2)CCCCC[C@@H]1c1ccccc1. The highest BCUT2D eigenvalue weighted by atomic mass is 16.3. The Balaban J connectivity index is 2.04. The summed E-state index contributed by atoms with van der Waals surface area (Å²) in [5.41, 5.74) is 1.61. The van der Waals surface area contributed by atoms with E-state index in [9.17, 15) is 5.11 Å². The van der Waals surface area contributed by atoms with Gasteiger partial charge in [0.05, 0.1) is 5.60 Å². The van der Waals surface area contributed by atoms with Crippen LogP contribution in [0.1, 0.15) is 49.1 Å². The Morgan fingerprint density at radius 3 is 2.15 bits per heavy atom. The third-order valence-electron chi connectivity index (χ3n) is 4.60. The largest absolute Gasteiger partial charge is 0.385 e. The summed E-state index contributed by atoms with van der Waals surface area (Å²) in [5.74, 6) is 0.202. The molecule has 0 bridgehead atoms. The molecule has 0 heterocycles. The molecule has 2 atom stereocenters. The predicted octanol–water partition coefficient (Wildman–Crippen LogP) is 4.62. The van der Waals surface area contributed by atoms with Crippen molar-refractivity contribution in [2.24, 2.45) is 0 Å². The van der Waals surface area contributed by atoms with E-state index in [-0.39, 0.29) is 5.92 Å². The molecule has 1 heteroatoms. The molecule has 1 aliphatic carbocycles. The standard InChI is InChI=1S/C19H22O/c20-19(17-12-6-2-7-13-17)15-9-3-8-14-18(19)16-10-4-1-5-11-16/h1-2,4-7,10-13,18,20H,3,8-9,14-15H2/t18-,19+/m1/s1. The van der Waals surface area contributed by atoms with Crippen molar-refractivity contribution in [2.75, 3.05) is 0 Å². The molecule has 1 fully saturated rings. The van der Waals surface area contributed by atoms with Crippen molar-refractivity contribution < 1.29 is 5.11 Å². The van der Waals surface area contributed by atoms with Crippen LogP contribution in [0.3, 0.4) is 0 Å². The van der Waals surface area contributed by atoms with E-state index in [0.717, 1.165) is 24.8 Å². The molecule has 0 aromatic heterocycles. The van der Waals surface area contributed by atoms with Gasteiger partial charge in [-0.2, -0.15) is 0 Å². The van der Waals surface area contributed by atoms with Gasteiger partial charge in [-0.15, -0.1) is 0 Å². The zero-order valence-corrected chi connectivity index (χ0v) is 11.8. The van der Waals surface area contributed by atoms with Crippen molar-refractivity contribution in [1.29, 1.82) is 0 Å². The first kappa shape index (κ1) is 13.4. The molecule has 0 radical (unpaired) electrons. The van der Waals surface area contributed by atoms with Crippen molar-refractivity contribution in [3.63, 3.8) is 0 Å². The lowest BCUT2D eigenvalue weighted by atomic mass is 9.74. The van der Waals surface area contributed by atoms with Gasteiger partial charge in [0.1, 0.15) is 0 Å². The molecule has 2 aromatic carbocycles. The van der Waals surface area contributed by atoms with E-state index in [1.807, 2.05) is 24.3 Å². The minimum Gasteiger partial charge on any atom is -0.385 e. The van der Waals surface area contributed by atoms with Gasteiger partial charge in [-0.3, -0.25) is 0 Å². The van der Waals surface area contributed by atoms with Gasteiger partial charge < -0.3 is 5.11 Å². The number of hydrogen-bond acceptors (Lipinski definition) is 1. The van der Waals surface area contributed by atoms with Crippen LogP contribution in [-0.2, 0) is 5.60 Å². The van der Waals surface area contributed by atoms with E-state index in [4.69, 9.17) is 0 Å². The van der Waals surface area contributed by atoms with Crippen LogP contribution in [0.2, 0.25) is 0 Å². The van der Waals surface area contributed by atoms with Crippen LogP contribution in [-0.4, -0.2) is 5.11 Å². The lowest BCUT2D eigenvalue weighted by molar-refractivity contribution is 0.000116. The number of aliphatic hydroxyl groups is 1. The topological polar surface area (TPSA) is 20.2 Å². The van der Waals surface area contributed by atoms with Crippen molar-refractivity contribution in [1.82, 2.24) is 0 Å². The van der Waals surface area contributed by atoms with Crippen LogP contribution in [0.25, 0.3) is 0 Å². The zero-order valence-electron chi connectivity index (χ0n) is 11.8. The Kier molecular flexibility index (Phi) is 3.88. The Hall–Kier alpha value is -1.60. The fraction of sp³-hybridized carbons (Fsp3) is 0.368. The Morgan fingerprint density at radius 1 is 0.800 bits per heavy atom. The van der Waals surface area contributed by atoms with Crippen LogP contribution in [0.5, 0.6) is 0 Å². The van der Waals surface area contributed by atoms with Crippen LogP contribution < -0.4 is 0 Å². The van der Waals surface area contributed by atoms with Crippen LogP contribution >= 0.6 is 0 Å². The van der Waals surface area contributed by atoms with Gasteiger partial charge in [-0.1, -0.05) is 79.9 Å². The maximum absolute atomic E-state index is 11.4. The lowest BCUT2D eigenvalue weighted by Gasteiger charge is -2.36. The fourth-order valence-corrected chi connectivity index (χ4v) is 3.53. The number of hydrogen-bond donors (Lipinski definition) is 1. The maximum atomic E-state index is 11.4. The summed E-state index contributed by atoms with van der Waals surface area (Å²) in [6, 6.07) is 20.7. The number of rotatable bonds is 2. The highest BCUT2D eigenvalue weighted by Crippen LogP contribution is 2.45. The quantitative estimate of drug-likeness (QED) is 0.786. The molecule has 0 aliphatic heterocycles. The van der Waals surface area contributed by atoms with Gasteiger partial charge in [-0.25, -0.2) is 0 Å². The molecule has 1 saturated carbocycles. The van der Waals surface area contributed by atoms with Gasteiger partial charge >= 0.3 is 0 Å². The van der Waals surface area contributed by atoms with Crippen molar-refractivity contribution in [3.05, 3.63) is 71.8 Å². The minimum absolute atomic E-state index is 0.202. The second-order valence-electron chi connectivity index (χ2n) is 5.85. The molecule has 1 aliphatic rings. The second kappa shape index (κ2) is 5.80. The van der Waals surface area contributed by atoms with Crippen molar-refractivity contribution in [3.8, 4) is 0 Å². The van der Waals surface area contributed by atoms with Gasteiger partial charge in [0.2, 0.25) is 0 Å². The Bertz CT molecular complexity index is 534. The van der Waals surface area contributed by atoms with E-state index in [0.29, 0.717) is 0 Å². The molecule has 1 N–H and O–H groups in total. The smallest absolute Gasteiger partial charge is 0.0964 e. The first-order valence-electron chi connectivity index (χ1n) is 7.63. The molecule has 1 nitrogen and oxygen atoms in total. The van der Waals surface area contributed by atoms with Gasteiger partial charge in [0, 0.05) is 5.92 Å². The van der Waals surface area contributed by atoms with E-state index >= 15 is 0 Å². The average Bonchev–Trinajstić information content (AvgIpc) is 2.72.